The second-order valence-corrected chi connectivity index (χ2v) is 6.39. The molecule has 0 amide bonds. The zero-order valence-electron chi connectivity index (χ0n) is 13.6. The first-order chi connectivity index (χ1) is 9.96. The van der Waals surface area contributed by atoms with Crippen LogP contribution in [0, 0.1) is 0 Å². The summed E-state index contributed by atoms with van der Waals surface area (Å²) in [5.41, 5.74) is 7.37. The molecule has 3 atom stereocenters. The number of hydrogen-bond donors (Lipinski definition) is 1. The molecule has 3 unspecified atom stereocenters. The highest BCUT2D eigenvalue weighted by Gasteiger charge is 2.35. The SMILES string of the molecule is COc1ccc(CC(C)(CN)N2CC(C)OC(C)C2)cc1. The fraction of sp³-hybridized carbons (Fsp3) is 0.647. The van der Waals surface area contributed by atoms with Crippen molar-refractivity contribution in [2.45, 2.75) is 44.9 Å². The second-order valence-electron chi connectivity index (χ2n) is 6.39. The fourth-order valence-corrected chi connectivity index (χ4v) is 3.11. The second kappa shape index (κ2) is 6.77. The molecule has 1 aliphatic heterocycles. The van der Waals surface area contributed by atoms with Crippen LogP contribution in [0.3, 0.4) is 0 Å². The Labute approximate surface area is 128 Å². The first kappa shape index (κ1) is 16.3. The van der Waals surface area contributed by atoms with E-state index in [1.54, 1.807) is 7.11 Å². The quantitative estimate of drug-likeness (QED) is 0.902. The van der Waals surface area contributed by atoms with E-state index in [2.05, 4.69) is 37.8 Å². The van der Waals surface area contributed by atoms with Crippen molar-refractivity contribution in [3.8, 4) is 5.75 Å². The van der Waals surface area contributed by atoms with Gasteiger partial charge in [0.1, 0.15) is 5.75 Å². The third-order valence-corrected chi connectivity index (χ3v) is 4.37. The molecule has 1 aromatic carbocycles. The Kier molecular flexibility index (Phi) is 5.25. The number of nitrogens with two attached hydrogens (primary N) is 1. The van der Waals surface area contributed by atoms with Crippen molar-refractivity contribution >= 4 is 0 Å². The van der Waals surface area contributed by atoms with Gasteiger partial charge in [-0.2, -0.15) is 0 Å². The van der Waals surface area contributed by atoms with Crippen LogP contribution in [0.5, 0.6) is 5.75 Å². The van der Waals surface area contributed by atoms with E-state index in [0.29, 0.717) is 6.54 Å². The summed E-state index contributed by atoms with van der Waals surface area (Å²) in [4.78, 5) is 2.48. The normalized spacial score (nSPS) is 26.3. The molecule has 0 saturated carbocycles. The topological polar surface area (TPSA) is 47.7 Å². The van der Waals surface area contributed by atoms with Gasteiger partial charge in [-0.3, -0.25) is 4.90 Å². The lowest BCUT2D eigenvalue weighted by Crippen LogP contribution is -2.60. The average Bonchev–Trinajstić information content (AvgIpc) is 2.47. The molecule has 4 heteroatoms. The first-order valence-corrected chi connectivity index (χ1v) is 7.70. The Hall–Kier alpha value is -1.10. The van der Waals surface area contributed by atoms with E-state index in [9.17, 15) is 0 Å². The number of ether oxygens (including phenoxy) is 2. The Morgan fingerprint density at radius 2 is 1.81 bits per heavy atom. The van der Waals surface area contributed by atoms with Crippen molar-refractivity contribution in [2.24, 2.45) is 5.73 Å². The molecule has 1 saturated heterocycles. The van der Waals surface area contributed by atoms with E-state index in [1.165, 1.54) is 5.56 Å². The van der Waals surface area contributed by atoms with Crippen LogP contribution in [-0.4, -0.2) is 49.4 Å². The highest BCUT2D eigenvalue weighted by molar-refractivity contribution is 5.28. The highest BCUT2D eigenvalue weighted by Crippen LogP contribution is 2.25. The van der Waals surface area contributed by atoms with Gasteiger partial charge in [0, 0.05) is 25.2 Å². The minimum atomic E-state index is -0.0408. The highest BCUT2D eigenvalue weighted by atomic mass is 16.5. The molecule has 2 N–H and O–H groups in total. The minimum absolute atomic E-state index is 0.0408. The Bertz CT molecular complexity index is 439. The van der Waals surface area contributed by atoms with Gasteiger partial charge in [-0.15, -0.1) is 0 Å². The average molecular weight is 292 g/mol. The van der Waals surface area contributed by atoms with Gasteiger partial charge in [0.2, 0.25) is 0 Å². The maximum Gasteiger partial charge on any atom is 0.118 e. The van der Waals surface area contributed by atoms with Crippen LogP contribution in [0.25, 0.3) is 0 Å². The monoisotopic (exact) mass is 292 g/mol. The van der Waals surface area contributed by atoms with Gasteiger partial charge in [0.25, 0.3) is 0 Å². The summed E-state index contributed by atoms with van der Waals surface area (Å²) in [5, 5.41) is 0. The molecule has 1 aliphatic rings. The van der Waals surface area contributed by atoms with Gasteiger partial charge in [-0.25, -0.2) is 0 Å². The summed E-state index contributed by atoms with van der Waals surface area (Å²) >= 11 is 0. The molecule has 0 radical (unpaired) electrons. The van der Waals surface area contributed by atoms with E-state index in [4.69, 9.17) is 15.2 Å². The van der Waals surface area contributed by atoms with E-state index in [-0.39, 0.29) is 17.7 Å². The number of methoxy groups -OCH3 is 1. The third-order valence-electron chi connectivity index (χ3n) is 4.37. The minimum Gasteiger partial charge on any atom is -0.497 e. The maximum atomic E-state index is 6.13. The summed E-state index contributed by atoms with van der Waals surface area (Å²) in [7, 11) is 1.69. The predicted octanol–water partition coefficient (Wildman–Crippen LogP) is 2.06. The van der Waals surface area contributed by atoms with Crippen molar-refractivity contribution in [1.82, 2.24) is 4.90 Å². The zero-order chi connectivity index (χ0) is 15.5. The molecule has 0 aromatic heterocycles. The Morgan fingerprint density at radius 3 is 2.29 bits per heavy atom. The predicted molar refractivity (Wildman–Crippen MR) is 85.7 cm³/mol. The van der Waals surface area contributed by atoms with Crippen molar-refractivity contribution in [1.29, 1.82) is 0 Å². The van der Waals surface area contributed by atoms with E-state index >= 15 is 0 Å². The molecule has 0 bridgehead atoms. The zero-order valence-corrected chi connectivity index (χ0v) is 13.6. The largest absolute Gasteiger partial charge is 0.497 e. The van der Waals surface area contributed by atoms with E-state index < -0.39 is 0 Å². The summed E-state index contributed by atoms with van der Waals surface area (Å²) in [6.07, 6.45) is 1.46. The van der Waals surface area contributed by atoms with Gasteiger partial charge in [-0.1, -0.05) is 12.1 Å². The van der Waals surface area contributed by atoms with Crippen LogP contribution < -0.4 is 10.5 Å². The van der Waals surface area contributed by atoms with Crippen LogP contribution in [-0.2, 0) is 11.2 Å². The van der Waals surface area contributed by atoms with E-state index in [1.807, 2.05) is 12.1 Å². The molecule has 2 rings (SSSR count). The lowest BCUT2D eigenvalue weighted by Gasteiger charge is -2.46. The van der Waals surface area contributed by atoms with Crippen LogP contribution in [0.2, 0.25) is 0 Å². The molecular weight excluding hydrogens is 264 g/mol. The van der Waals surface area contributed by atoms with Crippen LogP contribution in [0.1, 0.15) is 26.3 Å². The third kappa shape index (κ3) is 3.96. The Morgan fingerprint density at radius 1 is 1.24 bits per heavy atom. The van der Waals surface area contributed by atoms with E-state index in [0.717, 1.165) is 25.3 Å². The molecule has 4 nitrogen and oxygen atoms in total. The molecule has 1 fully saturated rings. The molecule has 1 aromatic rings. The molecule has 1 heterocycles. The fourth-order valence-electron chi connectivity index (χ4n) is 3.11. The van der Waals surface area contributed by atoms with Gasteiger partial charge < -0.3 is 15.2 Å². The summed E-state index contributed by atoms with van der Waals surface area (Å²) < 4.78 is 11.1. The summed E-state index contributed by atoms with van der Waals surface area (Å²) in [6.45, 7) is 9.03. The van der Waals surface area contributed by atoms with Crippen LogP contribution >= 0.6 is 0 Å². The Balaban J connectivity index is 2.12. The van der Waals surface area contributed by atoms with Crippen molar-refractivity contribution in [3.63, 3.8) is 0 Å². The molecule has 0 spiro atoms. The molecule has 21 heavy (non-hydrogen) atoms. The molecular formula is C17H28N2O2. The van der Waals surface area contributed by atoms with Crippen molar-refractivity contribution < 1.29 is 9.47 Å². The van der Waals surface area contributed by atoms with Crippen LogP contribution in [0.15, 0.2) is 24.3 Å². The van der Waals surface area contributed by atoms with Crippen molar-refractivity contribution in [3.05, 3.63) is 29.8 Å². The first-order valence-electron chi connectivity index (χ1n) is 7.70. The number of nitrogens with zero attached hydrogens (tertiary/aromatic N) is 1. The van der Waals surface area contributed by atoms with Crippen molar-refractivity contribution in [2.75, 3.05) is 26.7 Å². The maximum absolute atomic E-state index is 6.13. The molecule has 0 aliphatic carbocycles. The van der Waals surface area contributed by atoms with Gasteiger partial charge in [-0.05, 0) is 44.9 Å². The van der Waals surface area contributed by atoms with Crippen LogP contribution in [0.4, 0.5) is 0 Å². The summed E-state index contributed by atoms with van der Waals surface area (Å²) in [6, 6.07) is 8.27. The summed E-state index contributed by atoms with van der Waals surface area (Å²) in [5.74, 6) is 0.891. The molecule has 118 valence electrons. The number of hydrogen-bond acceptors (Lipinski definition) is 4. The van der Waals surface area contributed by atoms with Gasteiger partial charge >= 0.3 is 0 Å². The number of benzene rings is 1. The number of rotatable bonds is 5. The number of morpholine rings is 1. The van der Waals surface area contributed by atoms with Gasteiger partial charge in [0.15, 0.2) is 0 Å². The lowest BCUT2D eigenvalue weighted by molar-refractivity contribution is -0.0972. The standard InChI is InChI=1S/C17H28N2O2/c1-13-10-19(11-14(2)21-13)17(3,12-18)9-15-5-7-16(20-4)8-6-15/h5-8,13-14H,9-12,18H2,1-4H3. The van der Waals surface area contributed by atoms with Gasteiger partial charge in [0.05, 0.1) is 19.3 Å². The lowest BCUT2D eigenvalue weighted by atomic mass is 9.89. The smallest absolute Gasteiger partial charge is 0.118 e.